The lowest BCUT2D eigenvalue weighted by Crippen LogP contribution is -2.52. The predicted molar refractivity (Wildman–Crippen MR) is 132 cm³/mol. The molecule has 2 aromatic rings. The standard InChI is InChI=1S/C27H23ClN4O2/c1-3-13-31-21-8-5-4-7-18(21)27(26(31)34)19(15-29)25(30)32(17-12-11-16(2)20(28)14-17)22-9-6-10-23(33)24(22)27/h3-5,7-8,11-12,14H,1,6,9-10,13,30H2,2H3. The minimum absolute atomic E-state index is 0.0576. The summed E-state index contributed by atoms with van der Waals surface area (Å²) in [6.07, 6.45) is 3.11. The molecule has 1 spiro atoms. The molecule has 3 aliphatic rings. The Balaban J connectivity index is 1.88. The number of fused-ring (bicyclic) bond motifs is 3. The van der Waals surface area contributed by atoms with Gasteiger partial charge in [0.05, 0.1) is 5.57 Å². The minimum Gasteiger partial charge on any atom is -0.384 e. The van der Waals surface area contributed by atoms with E-state index in [-0.39, 0.29) is 29.6 Å². The second-order valence-corrected chi connectivity index (χ2v) is 9.12. The number of aryl methyl sites for hydroxylation is 1. The van der Waals surface area contributed by atoms with E-state index in [0.717, 1.165) is 5.56 Å². The van der Waals surface area contributed by atoms with Crippen molar-refractivity contribution in [3.8, 4) is 6.07 Å². The van der Waals surface area contributed by atoms with Crippen molar-refractivity contribution in [1.29, 1.82) is 5.26 Å². The van der Waals surface area contributed by atoms with Gasteiger partial charge in [-0.3, -0.25) is 14.5 Å². The molecule has 0 saturated carbocycles. The van der Waals surface area contributed by atoms with Crippen LogP contribution < -0.4 is 15.5 Å². The highest BCUT2D eigenvalue weighted by molar-refractivity contribution is 6.31. The average Bonchev–Trinajstić information content (AvgIpc) is 3.06. The highest BCUT2D eigenvalue weighted by Crippen LogP contribution is 2.56. The molecule has 0 bridgehead atoms. The molecular formula is C27H23ClN4O2. The Morgan fingerprint density at radius 1 is 1.24 bits per heavy atom. The third-order valence-electron chi connectivity index (χ3n) is 6.90. The van der Waals surface area contributed by atoms with E-state index in [1.54, 1.807) is 21.9 Å². The summed E-state index contributed by atoms with van der Waals surface area (Å²) in [5, 5.41) is 11.0. The summed E-state index contributed by atoms with van der Waals surface area (Å²) in [5.41, 5.74) is 8.99. The first kappa shape index (κ1) is 22.0. The Morgan fingerprint density at radius 3 is 2.71 bits per heavy atom. The summed E-state index contributed by atoms with van der Waals surface area (Å²) in [6, 6.07) is 15.0. The summed E-state index contributed by atoms with van der Waals surface area (Å²) in [7, 11) is 0. The van der Waals surface area contributed by atoms with E-state index in [4.69, 9.17) is 17.3 Å². The molecule has 2 heterocycles. The predicted octanol–water partition coefficient (Wildman–Crippen LogP) is 4.64. The van der Waals surface area contributed by atoms with Gasteiger partial charge < -0.3 is 10.6 Å². The van der Waals surface area contributed by atoms with Crippen LogP contribution in [-0.4, -0.2) is 18.2 Å². The number of rotatable bonds is 3. The molecule has 6 nitrogen and oxygen atoms in total. The second kappa shape index (κ2) is 7.89. The number of hydrogen-bond donors (Lipinski definition) is 1. The number of nitriles is 1. The number of carbonyl (C=O) groups is 2. The molecule has 2 aliphatic heterocycles. The maximum absolute atomic E-state index is 14.2. The Morgan fingerprint density at radius 2 is 2.00 bits per heavy atom. The first-order valence-electron chi connectivity index (χ1n) is 11.1. The molecule has 0 fully saturated rings. The molecule has 2 N–H and O–H groups in total. The van der Waals surface area contributed by atoms with E-state index in [2.05, 4.69) is 12.6 Å². The molecule has 2 aromatic carbocycles. The molecule has 0 radical (unpaired) electrons. The number of allylic oxidation sites excluding steroid dienone is 1. The summed E-state index contributed by atoms with van der Waals surface area (Å²) in [6.45, 7) is 5.94. The summed E-state index contributed by atoms with van der Waals surface area (Å²) >= 11 is 6.42. The molecule has 170 valence electrons. The zero-order chi connectivity index (χ0) is 24.2. The number of nitrogens with zero attached hydrogens (tertiary/aromatic N) is 3. The number of carbonyl (C=O) groups excluding carboxylic acids is 2. The molecule has 1 amide bonds. The fourth-order valence-electron chi connectivity index (χ4n) is 5.45. The van der Waals surface area contributed by atoms with E-state index in [1.807, 2.05) is 43.3 Å². The SMILES string of the molecule is C=CCN1C(=O)C2(C(C#N)=C(N)N(c3ccc(C)c(Cl)c3)C3=C2C(=O)CCC3)c2ccccc21. The third-order valence-corrected chi connectivity index (χ3v) is 7.31. The number of amides is 1. The summed E-state index contributed by atoms with van der Waals surface area (Å²) in [4.78, 5) is 31.1. The van der Waals surface area contributed by atoms with Crippen LogP contribution in [0.5, 0.6) is 0 Å². The van der Waals surface area contributed by atoms with Crippen molar-refractivity contribution in [2.75, 3.05) is 16.3 Å². The topological polar surface area (TPSA) is 90.4 Å². The van der Waals surface area contributed by atoms with Crippen LogP contribution in [0.25, 0.3) is 0 Å². The number of ketones is 1. The van der Waals surface area contributed by atoms with Crippen molar-refractivity contribution in [3.63, 3.8) is 0 Å². The van der Waals surface area contributed by atoms with E-state index in [1.165, 1.54) is 0 Å². The van der Waals surface area contributed by atoms with Crippen LogP contribution in [0, 0.1) is 18.3 Å². The largest absolute Gasteiger partial charge is 0.384 e. The van der Waals surface area contributed by atoms with E-state index in [0.29, 0.717) is 52.5 Å². The van der Waals surface area contributed by atoms with Gasteiger partial charge in [0, 0.05) is 46.2 Å². The van der Waals surface area contributed by atoms with Gasteiger partial charge in [-0.15, -0.1) is 6.58 Å². The Labute approximate surface area is 203 Å². The van der Waals surface area contributed by atoms with Crippen molar-refractivity contribution >= 4 is 34.7 Å². The first-order chi connectivity index (χ1) is 16.4. The number of benzene rings is 2. The quantitative estimate of drug-likeness (QED) is 0.660. The van der Waals surface area contributed by atoms with Crippen molar-refractivity contribution in [3.05, 3.63) is 93.9 Å². The molecular weight excluding hydrogens is 448 g/mol. The molecule has 5 rings (SSSR count). The first-order valence-corrected chi connectivity index (χ1v) is 11.5. The van der Waals surface area contributed by atoms with Crippen LogP contribution in [0.15, 0.2) is 77.8 Å². The third kappa shape index (κ3) is 2.74. The summed E-state index contributed by atoms with van der Waals surface area (Å²) in [5.74, 6) is -0.356. The van der Waals surface area contributed by atoms with E-state index in [9.17, 15) is 14.9 Å². The number of nitrogens with two attached hydrogens (primary N) is 1. The lowest BCUT2D eigenvalue weighted by molar-refractivity contribution is -0.124. The number of hydrogen-bond acceptors (Lipinski definition) is 5. The zero-order valence-corrected chi connectivity index (χ0v) is 19.5. The van der Waals surface area contributed by atoms with Gasteiger partial charge in [0.15, 0.2) is 5.78 Å². The maximum Gasteiger partial charge on any atom is 0.248 e. The van der Waals surface area contributed by atoms with Crippen LogP contribution in [0.2, 0.25) is 5.02 Å². The van der Waals surface area contributed by atoms with Gasteiger partial charge in [-0.05, 0) is 43.5 Å². The van der Waals surface area contributed by atoms with Crippen molar-refractivity contribution in [1.82, 2.24) is 0 Å². The molecule has 1 atom stereocenters. The molecule has 0 aromatic heterocycles. The van der Waals surface area contributed by atoms with Crippen LogP contribution in [-0.2, 0) is 15.0 Å². The molecule has 7 heteroatoms. The normalized spacial score (nSPS) is 21.7. The van der Waals surface area contributed by atoms with E-state index < -0.39 is 5.41 Å². The monoisotopic (exact) mass is 470 g/mol. The maximum atomic E-state index is 14.2. The van der Waals surface area contributed by atoms with Crippen LogP contribution in [0.1, 0.15) is 30.4 Å². The van der Waals surface area contributed by atoms with Crippen LogP contribution in [0.4, 0.5) is 11.4 Å². The van der Waals surface area contributed by atoms with Crippen LogP contribution >= 0.6 is 11.6 Å². The van der Waals surface area contributed by atoms with Gasteiger partial charge in [-0.1, -0.05) is 41.9 Å². The molecule has 0 saturated heterocycles. The highest BCUT2D eigenvalue weighted by Gasteiger charge is 2.62. The second-order valence-electron chi connectivity index (χ2n) is 8.71. The Kier molecular flexibility index (Phi) is 5.11. The van der Waals surface area contributed by atoms with Gasteiger partial charge in [0.2, 0.25) is 5.91 Å². The minimum atomic E-state index is -1.57. The van der Waals surface area contributed by atoms with Gasteiger partial charge in [0.1, 0.15) is 17.3 Å². The molecule has 1 aliphatic carbocycles. The van der Waals surface area contributed by atoms with Gasteiger partial charge in [-0.25, -0.2) is 0 Å². The number of para-hydroxylation sites is 1. The fraction of sp³-hybridized carbons (Fsp3) is 0.222. The average molecular weight is 471 g/mol. The highest BCUT2D eigenvalue weighted by atomic mass is 35.5. The van der Waals surface area contributed by atoms with Crippen molar-refractivity contribution in [2.24, 2.45) is 5.73 Å². The van der Waals surface area contributed by atoms with Gasteiger partial charge in [0.25, 0.3) is 0 Å². The zero-order valence-electron chi connectivity index (χ0n) is 18.8. The number of anilines is 2. The Bertz CT molecular complexity index is 1380. The molecule has 34 heavy (non-hydrogen) atoms. The van der Waals surface area contributed by atoms with Gasteiger partial charge in [-0.2, -0.15) is 5.26 Å². The van der Waals surface area contributed by atoms with E-state index >= 15 is 0 Å². The van der Waals surface area contributed by atoms with Crippen molar-refractivity contribution in [2.45, 2.75) is 31.6 Å². The lowest BCUT2D eigenvalue weighted by atomic mass is 9.64. The number of Topliss-reactive ketones (excluding diaryl/α,β-unsaturated/α-hetero) is 1. The number of halogens is 1. The van der Waals surface area contributed by atoms with Gasteiger partial charge >= 0.3 is 0 Å². The van der Waals surface area contributed by atoms with Crippen LogP contribution in [0.3, 0.4) is 0 Å². The molecule has 1 unspecified atom stereocenters. The smallest absolute Gasteiger partial charge is 0.248 e. The Hall–Kier alpha value is -3.82. The fourth-order valence-corrected chi connectivity index (χ4v) is 5.63. The lowest BCUT2D eigenvalue weighted by Gasteiger charge is -2.43. The summed E-state index contributed by atoms with van der Waals surface area (Å²) < 4.78 is 0. The van der Waals surface area contributed by atoms with Crippen molar-refractivity contribution < 1.29 is 9.59 Å².